The Balaban J connectivity index is 2.52. The maximum Gasteiger partial charge on any atom is 0.237 e. The highest BCUT2D eigenvalue weighted by Crippen LogP contribution is 2.22. The SMILES string of the molecule is CC(C(=O)NC(C)(C)C)N(C)CC1(O)CCOCC1. The van der Waals surface area contributed by atoms with Crippen molar-refractivity contribution in [2.45, 2.75) is 57.7 Å². The molecule has 0 aromatic heterocycles. The summed E-state index contributed by atoms with van der Waals surface area (Å²) in [7, 11) is 1.88. The zero-order chi connectivity index (χ0) is 14.7. The van der Waals surface area contributed by atoms with E-state index in [9.17, 15) is 9.90 Å². The van der Waals surface area contributed by atoms with Gasteiger partial charge in [0.2, 0.25) is 5.91 Å². The van der Waals surface area contributed by atoms with Crippen molar-refractivity contribution in [1.82, 2.24) is 10.2 Å². The van der Waals surface area contributed by atoms with Gasteiger partial charge in [-0.25, -0.2) is 0 Å². The van der Waals surface area contributed by atoms with Crippen LogP contribution in [0.4, 0.5) is 0 Å². The minimum absolute atomic E-state index is 0.00865. The molecule has 0 aromatic rings. The summed E-state index contributed by atoms with van der Waals surface area (Å²) < 4.78 is 5.26. The maximum absolute atomic E-state index is 12.1. The Bertz CT molecular complexity index is 306. The second-order valence-electron chi connectivity index (χ2n) is 6.67. The first kappa shape index (κ1) is 16.4. The molecule has 5 nitrogen and oxygen atoms in total. The Morgan fingerprint density at radius 2 is 1.95 bits per heavy atom. The Hall–Kier alpha value is -0.650. The third-order valence-corrected chi connectivity index (χ3v) is 3.51. The van der Waals surface area contributed by atoms with E-state index in [2.05, 4.69) is 5.32 Å². The van der Waals surface area contributed by atoms with Gasteiger partial charge < -0.3 is 15.2 Å². The zero-order valence-corrected chi connectivity index (χ0v) is 12.8. The van der Waals surface area contributed by atoms with E-state index < -0.39 is 5.60 Å². The van der Waals surface area contributed by atoms with E-state index in [1.165, 1.54) is 0 Å². The highest BCUT2D eigenvalue weighted by atomic mass is 16.5. The van der Waals surface area contributed by atoms with E-state index in [1.807, 2.05) is 39.6 Å². The summed E-state index contributed by atoms with van der Waals surface area (Å²) in [4.78, 5) is 14.0. The molecular weight excluding hydrogens is 244 g/mol. The van der Waals surface area contributed by atoms with Gasteiger partial charge in [0.1, 0.15) is 0 Å². The summed E-state index contributed by atoms with van der Waals surface area (Å²) in [5.41, 5.74) is -0.967. The minimum atomic E-state index is -0.733. The molecule has 0 spiro atoms. The molecule has 1 heterocycles. The second-order valence-corrected chi connectivity index (χ2v) is 6.67. The van der Waals surface area contributed by atoms with Crippen molar-refractivity contribution in [3.8, 4) is 0 Å². The summed E-state index contributed by atoms with van der Waals surface area (Å²) >= 11 is 0. The fourth-order valence-corrected chi connectivity index (χ4v) is 2.18. The van der Waals surface area contributed by atoms with Gasteiger partial charge in [0.25, 0.3) is 0 Å². The van der Waals surface area contributed by atoms with Gasteiger partial charge in [-0.2, -0.15) is 0 Å². The molecule has 1 aliphatic rings. The molecule has 2 N–H and O–H groups in total. The van der Waals surface area contributed by atoms with E-state index in [-0.39, 0.29) is 17.5 Å². The van der Waals surface area contributed by atoms with Crippen LogP contribution in [0, 0.1) is 0 Å². The fourth-order valence-electron chi connectivity index (χ4n) is 2.18. The lowest BCUT2D eigenvalue weighted by Crippen LogP contribution is -2.54. The number of hydrogen-bond acceptors (Lipinski definition) is 4. The summed E-state index contributed by atoms with van der Waals surface area (Å²) in [6.07, 6.45) is 1.26. The van der Waals surface area contributed by atoms with Gasteiger partial charge in [-0.1, -0.05) is 0 Å². The average molecular weight is 272 g/mol. The number of ether oxygens (including phenoxy) is 1. The summed E-state index contributed by atoms with van der Waals surface area (Å²) in [5, 5.41) is 13.4. The molecule has 19 heavy (non-hydrogen) atoms. The van der Waals surface area contributed by atoms with E-state index in [0.29, 0.717) is 32.6 Å². The Labute approximate surface area is 116 Å². The number of carbonyl (C=O) groups excluding carboxylic acids is 1. The van der Waals surface area contributed by atoms with Crippen molar-refractivity contribution in [2.75, 3.05) is 26.8 Å². The Kier molecular flexibility index (Phi) is 5.35. The molecule has 0 aromatic carbocycles. The first-order valence-electron chi connectivity index (χ1n) is 6.95. The molecule has 1 aliphatic heterocycles. The highest BCUT2D eigenvalue weighted by molar-refractivity contribution is 5.81. The number of rotatable bonds is 4. The van der Waals surface area contributed by atoms with Crippen molar-refractivity contribution in [1.29, 1.82) is 0 Å². The van der Waals surface area contributed by atoms with Crippen LogP contribution in [-0.2, 0) is 9.53 Å². The number of amides is 1. The molecule has 5 heteroatoms. The van der Waals surface area contributed by atoms with Gasteiger partial charge in [0.15, 0.2) is 0 Å². The third kappa shape index (κ3) is 5.47. The molecule has 1 atom stereocenters. The fraction of sp³-hybridized carbons (Fsp3) is 0.929. The molecule has 1 saturated heterocycles. The maximum atomic E-state index is 12.1. The number of carbonyl (C=O) groups is 1. The topological polar surface area (TPSA) is 61.8 Å². The zero-order valence-electron chi connectivity index (χ0n) is 12.8. The second kappa shape index (κ2) is 6.20. The third-order valence-electron chi connectivity index (χ3n) is 3.51. The summed E-state index contributed by atoms with van der Waals surface area (Å²) in [5.74, 6) is -0.00865. The van der Waals surface area contributed by atoms with E-state index >= 15 is 0 Å². The molecule has 1 amide bonds. The van der Waals surface area contributed by atoms with E-state index in [1.54, 1.807) is 0 Å². The van der Waals surface area contributed by atoms with Crippen LogP contribution in [0.15, 0.2) is 0 Å². The van der Waals surface area contributed by atoms with E-state index in [4.69, 9.17) is 4.74 Å². The van der Waals surface area contributed by atoms with Gasteiger partial charge in [-0.3, -0.25) is 9.69 Å². The predicted molar refractivity (Wildman–Crippen MR) is 75.0 cm³/mol. The van der Waals surface area contributed by atoms with Gasteiger partial charge in [0.05, 0.1) is 11.6 Å². The molecule has 112 valence electrons. The number of nitrogens with one attached hydrogen (secondary N) is 1. The van der Waals surface area contributed by atoms with Gasteiger partial charge in [-0.05, 0) is 34.7 Å². The van der Waals surface area contributed by atoms with Gasteiger partial charge >= 0.3 is 0 Å². The molecule has 1 fully saturated rings. The Morgan fingerprint density at radius 3 is 2.42 bits per heavy atom. The molecule has 1 unspecified atom stereocenters. The highest BCUT2D eigenvalue weighted by Gasteiger charge is 2.33. The van der Waals surface area contributed by atoms with Crippen LogP contribution in [0.2, 0.25) is 0 Å². The quantitative estimate of drug-likeness (QED) is 0.793. The van der Waals surface area contributed by atoms with Crippen molar-refractivity contribution in [2.24, 2.45) is 0 Å². The number of likely N-dealkylation sites (N-methyl/N-ethyl adjacent to an activating group) is 1. The van der Waals surface area contributed by atoms with Crippen LogP contribution in [0.5, 0.6) is 0 Å². The summed E-state index contributed by atoms with van der Waals surface area (Å²) in [6, 6.07) is -0.258. The van der Waals surface area contributed by atoms with Crippen LogP contribution in [0.25, 0.3) is 0 Å². The number of nitrogens with zero attached hydrogens (tertiary/aromatic N) is 1. The van der Waals surface area contributed by atoms with Gasteiger partial charge in [0, 0.05) is 38.1 Å². The van der Waals surface area contributed by atoms with Crippen LogP contribution in [0.3, 0.4) is 0 Å². The normalized spacial score (nSPS) is 21.2. The van der Waals surface area contributed by atoms with Crippen molar-refractivity contribution in [3.63, 3.8) is 0 Å². The van der Waals surface area contributed by atoms with Gasteiger partial charge in [-0.15, -0.1) is 0 Å². The first-order valence-corrected chi connectivity index (χ1v) is 6.95. The molecule has 0 bridgehead atoms. The van der Waals surface area contributed by atoms with Crippen LogP contribution in [0.1, 0.15) is 40.5 Å². The van der Waals surface area contributed by atoms with E-state index in [0.717, 1.165) is 0 Å². The lowest BCUT2D eigenvalue weighted by Gasteiger charge is -2.37. The largest absolute Gasteiger partial charge is 0.388 e. The lowest BCUT2D eigenvalue weighted by molar-refractivity contribution is -0.129. The number of aliphatic hydroxyl groups is 1. The Morgan fingerprint density at radius 1 is 1.42 bits per heavy atom. The average Bonchev–Trinajstić information content (AvgIpc) is 2.25. The minimum Gasteiger partial charge on any atom is -0.388 e. The molecule has 0 radical (unpaired) electrons. The smallest absolute Gasteiger partial charge is 0.237 e. The monoisotopic (exact) mass is 272 g/mol. The summed E-state index contributed by atoms with van der Waals surface area (Å²) in [6.45, 7) is 9.43. The molecule has 0 aliphatic carbocycles. The van der Waals surface area contributed by atoms with Crippen LogP contribution in [-0.4, -0.2) is 59.9 Å². The van der Waals surface area contributed by atoms with Crippen LogP contribution >= 0.6 is 0 Å². The number of hydrogen-bond donors (Lipinski definition) is 2. The van der Waals surface area contributed by atoms with Crippen molar-refractivity contribution in [3.05, 3.63) is 0 Å². The predicted octanol–water partition coefficient (Wildman–Crippen LogP) is 0.763. The first-order chi connectivity index (χ1) is 8.63. The van der Waals surface area contributed by atoms with Crippen molar-refractivity contribution >= 4 is 5.91 Å². The molecule has 1 rings (SSSR count). The molecular formula is C14H28N2O3. The van der Waals surface area contributed by atoms with Crippen LogP contribution < -0.4 is 5.32 Å². The van der Waals surface area contributed by atoms with Crippen molar-refractivity contribution < 1.29 is 14.6 Å². The standard InChI is InChI=1S/C14H28N2O3/c1-11(12(17)15-13(2,3)4)16(5)10-14(18)6-8-19-9-7-14/h11,18H,6-10H2,1-5H3,(H,15,17). The molecule has 0 saturated carbocycles. The lowest BCUT2D eigenvalue weighted by atomic mass is 9.93.